The first kappa shape index (κ1) is 13.2. The molecular weight excluding hydrogens is 342 g/mol. The quantitative estimate of drug-likeness (QED) is 0.724. The highest BCUT2D eigenvalue weighted by Gasteiger charge is 2.11. The van der Waals surface area contributed by atoms with Gasteiger partial charge in [-0.1, -0.05) is 12.2 Å². The molecule has 0 aromatic heterocycles. The van der Waals surface area contributed by atoms with Crippen LogP contribution >= 0.6 is 31.9 Å². The largest absolute Gasteiger partial charge is 0.383 e. The molecule has 0 radical (unpaired) electrons. The van der Waals surface area contributed by atoms with Gasteiger partial charge in [0.15, 0.2) is 0 Å². The molecule has 0 aliphatic heterocycles. The van der Waals surface area contributed by atoms with E-state index in [2.05, 4.69) is 68.4 Å². The Hall–Kier alpha value is -0.280. The zero-order valence-corrected chi connectivity index (χ0v) is 13.1. The van der Waals surface area contributed by atoms with Crippen molar-refractivity contribution in [1.29, 1.82) is 0 Å². The predicted octanol–water partition coefficient (Wildman–Crippen LogP) is 5.29. The highest BCUT2D eigenvalue weighted by Crippen LogP contribution is 2.33. The summed E-state index contributed by atoms with van der Waals surface area (Å²) in [7, 11) is 0. The van der Waals surface area contributed by atoms with Crippen LogP contribution in [0.15, 0.2) is 33.2 Å². The highest BCUT2D eigenvalue weighted by atomic mass is 79.9. The molecule has 1 aliphatic rings. The van der Waals surface area contributed by atoms with Gasteiger partial charge in [0.2, 0.25) is 0 Å². The van der Waals surface area contributed by atoms with Gasteiger partial charge in [0.1, 0.15) is 0 Å². The maximum absolute atomic E-state index is 3.62. The molecule has 0 saturated heterocycles. The summed E-state index contributed by atoms with van der Waals surface area (Å²) in [6, 6.07) is 4.29. The SMILES string of the molecule is Cc1cc(Br)c(NCC2CC=CCC2)c(Br)c1. The third-order valence-corrected chi connectivity index (χ3v) is 4.38. The number of allylic oxidation sites excluding steroid dienone is 2. The Morgan fingerprint density at radius 1 is 1.24 bits per heavy atom. The van der Waals surface area contributed by atoms with Crippen LogP contribution < -0.4 is 5.32 Å². The molecule has 1 aromatic carbocycles. The van der Waals surface area contributed by atoms with Crippen molar-refractivity contribution in [1.82, 2.24) is 0 Å². The Labute approximate surface area is 120 Å². The number of anilines is 1. The van der Waals surface area contributed by atoms with Gasteiger partial charge in [0, 0.05) is 15.5 Å². The molecule has 0 saturated carbocycles. The maximum Gasteiger partial charge on any atom is 0.0629 e. The lowest BCUT2D eigenvalue weighted by Crippen LogP contribution is -2.15. The first-order valence-electron chi connectivity index (χ1n) is 6.01. The topological polar surface area (TPSA) is 12.0 Å². The summed E-state index contributed by atoms with van der Waals surface area (Å²) in [6.07, 6.45) is 8.31. The summed E-state index contributed by atoms with van der Waals surface area (Å²) >= 11 is 7.23. The van der Waals surface area contributed by atoms with Crippen molar-refractivity contribution < 1.29 is 0 Å². The summed E-state index contributed by atoms with van der Waals surface area (Å²) in [5, 5.41) is 3.55. The van der Waals surface area contributed by atoms with Crippen molar-refractivity contribution in [3.8, 4) is 0 Å². The zero-order chi connectivity index (χ0) is 12.3. The maximum atomic E-state index is 3.62. The fraction of sp³-hybridized carbons (Fsp3) is 0.429. The Balaban J connectivity index is 2.01. The smallest absolute Gasteiger partial charge is 0.0629 e. The van der Waals surface area contributed by atoms with E-state index in [1.54, 1.807) is 0 Å². The standard InChI is InChI=1S/C14H17Br2N/c1-10-7-12(15)14(13(16)8-10)17-9-11-5-3-2-4-6-11/h2-3,7-8,11,17H,4-6,9H2,1H3. The number of hydrogen-bond donors (Lipinski definition) is 1. The van der Waals surface area contributed by atoms with E-state index in [1.165, 1.54) is 30.5 Å². The highest BCUT2D eigenvalue weighted by molar-refractivity contribution is 9.11. The average molecular weight is 359 g/mol. The fourth-order valence-electron chi connectivity index (χ4n) is 2.16. The number of halogens is 2. The van der Waals surface area contributed by atoms with Crippen molar-refractivity contribution in [2.24, 2.45) is 5.92 Å². The van der Waals surface area contributed by atoms with E-state index in [-0.39, 0.29) is 0 Å². The Bertz CT molecular complexity index is 403. The number of aryl methyl sites for hydroxylation is 1. The molecule has 0 amide bonds. The van der Waals surface area contributed by atoms with E-state index >= 15 is 0 Å². The normalized spacial score (nSPS) is 19.4. The Morgan fingerprint density at radius 3 is 2.53 bits per heavy atom. The summed E-state index contributed by atoms with van der Waals surface area (Å²) < 4.78 is 2.27. The van der Waals surface area contributed by atoms with E-state index < -0.39 is 0 Å². The van der Waals surface area contributed by atoms with Crippen molar-refractivity contribution in [3.63, 3.8) is 0 Å². The number of benzene rings is 1. The Kier molecular flexibility index (Phi) is 4.69. The van der Waals surface area contributed by atoms with Crippen LogP contribution in [0, 0.1) is 12.8 Å². The summed E-state index contributed by atoms with van der Waals surface area (Å²) in [5.41, 5.74) is 2.43. The number of hydrogen-bond acceptors (Lipinski definition) is 1. The van der Waals surface area contributed by atoms with E-state index in [0.29, 0.717) is 0 Å². The lowest BCUT2D eigenvalue weighted by molar-refractivity contribution is 0.504. The molecule has 0 bridgehead atoms. The summed E-state index contributed by atoms with van der Waals surface area (Å²) in [5.74, 6) is 0.764. The first-order chi connectivity index (χ1) is 8.16. The van der Waals surface area contributed by atoms with Crippen LogP contribution in [0.5, 0.6) is 0 Å². The molecule has 1 atom stereocenters. The molecule has 92 valence electrons. The molecule has 0 fully saturated rings. The minimum absolute atomic E-state index is 0.764. The molecule has 0 heterocycles. The van der Waals surface area contributed by atoms with Gasteiger partial charge in [-0.05, 0) is 81.7 Å². The molecule has 1 aliphatic carbocycles. The molecule has 0 spiro atoms. The van der Waals surface area contributed by atoms with Gasteiger partial charge in [0.05, 0.1) is 5.69 Å². The first-order valence-corrected chi connectivity index (χ1v) is 7.60. The molecule has 3 heteroatoms. The van der Waals surface area contributed by atoms with Crippen LogP contribution in [0.4, 0.5) is 5.69 Å². The molecular formula is C14H17Br2N. The molecule has 2 rings (SSSR count). The average Bonchev–Trinajstić information content (AvgIpc) is 2.29. The minimum Gasteiger partial charge on any atom is -0.383 e. The number of rotatable bonds is 3. The molecule has 17 heavy (non-hydrogen) atoms. The van der Waals surface area contributed by atoms with Crippen molar-refractivity contribution in [2.75, 3.05) is 11.9 Å². The Morgan fingerprint density at radius 2 is 1.94 bits per heavy atom. The van der Waals surface area contributed by atoms with Crippen molar-refractivity contribution in [2.45, 2.75) is 26.2 Å². The van der Waals surface area contributed by atoms with Gasteiger partial charge >= 0.3 is 0 Å². The van der Waals surface area contributed by atoms with Crippen molar-refractivity contribution >= 4 is 37.5 Å². The van der Waals surface area contributed by atoms with Gasteiger partial charge in [-0.25, -0.2) is 0 Å². The second kappa shape index (κ2) is 6.05. The second-order valence-electron chi connectivity index (χ2n) is 4.63. The predicted molar refractivity (Wildman–Crippen MR) is 81.5 cm³/mol. The molecule has 1 nitrogen and oxygen atoms in total. The third-order valence-electron chi connectivity index (χ3n) is 3.13. The van der Waals surface area contributed by atoms with Gasteiger partial charge in [-0.15, -0.1) is 0 Å². The lowest BCUT2D eigenvalue weighted by Gasteiger charge is -2.20. The van der Waals surface area contributed by atoms with E-state index in [1.807, 2.05) is 0 Å². The summed E-state index contributed by atoms with van der Waals surface area (Å²) in [4.78, 5) is 0. The van der Waals surface area contributed by atoms with E-state index in [9.17, 15) is 0 Å². The van der Waals surface area contributed by atoms with Gasteiger partial charge in [0.25, 0.3) is 0 Å². The second-order valence-corrected chi connectivity index (χ2v) is 6.34. The van der Waals surface area contributed by atoms with Crippen LogP contribution in [-0.2, 0) is 0 Å². The van der Waals surface area contributed by atoms with Crippen molar-refractivity contribution in [3.05, 3.63) is 38.8 Å². The lowest BCUT2D eigenvalue weighted by atomic mass is 9.94. The van der Waals surface area contributed by atoms with Gasteiger partial charge < -0.3 is 5.32 Å². The number of nitrogens with one attached hydrogen (secondary N) is 1. The third kappa shape index (κ3) is 3.59. The fourth-order valence-corrected chi connectivity index (χ4v) is 3.85. The minimum atomic E-state index is 0.764. The monoisotopic (exact) mass is 357 g/mol. The van der Waals surface area contributed by atoms with Crippen LogP contribution in [0.25, 0.3) is 0 Å². The van der Waals surface area contributed by atoms with Crippen LogP contribution in [0.1, 0.15) is 24.8 Å². The van der Waals surface area contributed by atoms with Gasteiger partial charge in [-0.3, -0.25) is 0 Å². The van der Waals surface area contributed by atoms with E-state index in [4.69, 9.17) is 0 Å². The van der Waals surface area contributed by atoms with Gasteiger partial charge in [-0.2, -0.15) is 0 Å². The zero-order valence-electron chi connectivity index (χ0n) is 9.97. The summed E-state index contributed by atoms with van der Waals surface area (Å²) in [6.45, 7) is 3.15. The molecule has 1 aromatic rings. The van der Waals surface area contributed by atoms with Crippen LogP contribution in [0.3, 0.4) is 0 Å². The molecule has 1 N–H and O–H groups in total. The van der Waals surface area contributed by atoms with E-state index in [0.717, 1.165) is 21.4 Å². The van der Waals surface area contributed by atoms with Crippen LogP contribution in [-0.4, -0.2) is 6.54 Å². The molecule has 1 unspecified atom stereocenters. The van der Waals surface area contributed by atoms with Crippen LogP contribution in [0.2, 0.25) is 0 Å².